The van der Waals surface area contributed by atoms with Crippen molar-refractivity contribution in [1.29, 1.82) is 0 Å². The maximum absolute atomic E-state index is 13.4. The standard InChI is InChI=1S/C25H33N3O7S/c1-16-12-28(17(2)15-29)24(30)20-6-5-7-21(26-36(4,33)34)23(20)35-22(16)14-27(3)13-18-8-10-19(11-9-18)25(31)32/h5-11,16-17,22,26,29H,12-15H2,1-4H3,(H,31,32)/t16-,17+,22+/m1/s1. The van der Waals surface area contributed by atoms with E-state index in [1.807, 2.05) is 18.9 Å². The van der Waals surface area contributed by atoms with Crippen molar-refractivity contribution in [3.8, 4) is 5.75 Å². The number of nitrogens with one attached hydrogen (secondary N) is 1. The Morgan fingerprint density at radius 1 is 1.25 bits per heavy atom. The molecule has 1 aliphatic rings. The van der Waals surface area contributed by atoms with Crippen LogP contribution in [-0.2, 0) is 16.6 Å². The van der Waals surface area contributed by atoms with Gasteiger partial charge in [0.05, 0.1) is 35.7 Å². The van der Waals surface area contributed by atoms with Crippen LogP contribution < -0.4 is 9.46 Å². The van der Waals surface area contributed by atoms with Crippen molar-refractivity contribution in [2.75, 3.05) is 37.7 Å². The molecule has 2 aromatic rings. The number of carboxylic acid groups (broad SMARTS) is 1. The first-order chi connectivity index (χ1) is 16.9. The van der Waals surface area contributed by atoms with E-state index < -0.39 is 28.1 Å². The number of likely N-dealkylation sites (N-methyl/N-ethyl adjacent to an activating group) is 1. The van der Waals surface area contributed by atoms with E-state index in [2.05, 4.69) is 4.72 Å². The highest BCUT2D eigenvalue weighted by atomic mass is 32.2. The molecule has 0 saturated carbocycles. The number of aliphatic hydroxyl groups is 1. The first-order valence-electron chi connectivity index (χ1n) is 11.6. The zero-order valence-corrected chi connectivity index (χ0v) is 21.7. The molecule has 1 heterocycles. The predicted molar refractivity (Wildman–Crippen MR) is 136 cm³/mol. The number of rotatable bonds is 9. The Bertz CT molecular complexity index is 1200. The first-order valence-corrected chi connectivity index (χ1v) is 13.5. The van der Waals surface area contributed by atoms with Crippen molar-refractivity contribution in [3.63, 3.8) is 0 Å². The van der Waals surface area contributed by atoms with E-state index in [1.165, 1.54) is 0 Å². The molecule has 36 heavy (non-hydrogen) atoms. The smallest absolute Gasteiger partial charge is 0.335 e. The number of carbonyl (C=O) groups is 2. The van der Waals surface area contributed by atoms with E-state index in [4.69, 9.17) is 9.84 Å². The Balaban J connectivity index is 1.93. The monoisotopic (exact) mass is 519 g/mol. The Morgan fingerprint density at radius 2 is 1.92 bits per heavy atom. The van der Waals surface area contributed by atoms with E-state index in [0.717, 1.165) is 11.8 Å². The van der Waals surface area contributed by atoms with Gasteiger partial charge in [0.2, 0.25) is 10.0 Å². The average molecular weight is 520 g/mol. The first kappa shape index (κ1) is 27.4. The molecule has 0 aromatic heterocycles. The Morgan fingerprint density at radius 3 is 2.50 bits per heavy atom. The summed E-state index contributed by atoms with van der Waals surface area (Å²) in [6, 6.07) is 10.9. The van der Waals surface area contributed by atoms with Gasteiger partial charge in [-0.15, -0.1) is 0 Å². The lowest BCUT2D eigenvalue weighted by molar-refractivity contribution is 0.0344. The molecule has 0 fully saturated rings. The van der Waals surface area contributed by atoms with Gasteiger partial charge in [0.1, 0.15) is 6.10 Å². The molecule has 0 saturated heterocycles. The number of benzene rings is 2. The quantitative estimate of drug-likeness (QED) is 0.458. The molecule has 0 unspecified atom stereocenters. The van der Waals surface area contributed by atoms with Crippen molar-refractivity contribution in [2.24, 2.45) is 5.92 Å². The third kappa shape index (κ3) is 6.74. The maximum atomic E-state index is 13.4. The van der Waals surface area contributed by atoms with Crippen LogP contribution in [-0.4, -0.2) is 85.5 Å². The molecule has 3 N–H and O–H groups in total. The number of hydrogen-bond donors (Lipinski definition) is 3. The Labute approximate surface area is 211 Å². The van der Waals surface area contributed by atoms with Gasteiger partial charge < -0.3 is 19.8 Å². The summed E-state index contributed by atoms with van der Waals surface area (Å²) in [4.78, 5) is 28.1. The minimum Gasteiger partial charge on any atom is -0.486 e. The van der Waals surface area contributed by atoms with E-state index in [-0.39, 0.29) is 41.0 Å². The van der Waals surface area contributed by atoms with Gasteiger partial charge in [0, 0.05) is 25.6 Å². The molecule has 1 amide bonds. The second-order valence-electron chi connectivity index (χ2n) is 9.38. The van der Waals surface area contributed by atoms with Crippen LogP contribution >= 0.6 is 0 Å². The zero-order chi connectivity index (χ0) is 26.6. The van der Waals surface area contributed by atoms with Crippen LogP contribution in [0.25, 0.3) is 0 Å². The molecule has 0 bridgehead atoms. The molecule has 1 aliphatic heterocycles. The summed E-state index contributed by atoms with van der Waals surface area (Å²) in [5.74, 6) is -1.33. The number of carbonyl (C=O) groups excluding carboxylic acids is 1. The third-order valence-electron chi connectivity index (χ3n) is 6.13. The SMILES string of the molecule is C[C@@H]1CN([C@@H](C)CO)C(=O)c2cccc(NS(C)(=O)=O)c2O[C@H]1CN(C)Cc1ccc(C(=O)O)cc1. The number of aromatic carboxylic acids is 1. The summed E-state index contributed by atoms with van der Waals surface area (Å²) >= 11 is 0. The number of ether oxygens (including phenoxy) is 1. The lowest BCUT2D eigenvalue weighted by Crippen LogP contribution is -2.49. The summed E-state index contributed by atoms with van der Waals surface area (Å²) in [5.41, 5.74) is 1.52. The second kappa shape index (κ2) is 11.3. The van der Waals surface area contributed by atoms with Gasteiger partial charge in [-0.1, -0.05) is 25.1 Å². The summed E-state index contributed by atoms with van der Waals surface area (Å²) in [6.07, 6.45) is 0.608. The molecule has 0 spiro atoms. The average Bonchev–Trinajstić information content (AvgIpc) is 2.80. The predicted octanol–water partition coefficient (Wildman–Crippen LogP) is 2.11. The highest BCUT2D eigenvalue weighted by molar-refractivity contribution is 7.92. The summed E-state index contributed by atoms with van der Waals surface area (Å²) in [6.45, 7) is 4.81. The Hall–Kier alpha value is -3.15. The minimum atomic E-state index is -3.64. The summed E-state index contributed by atoms with van der Waals surface area (Å²) in [7, 11) is -1.73. The summed E-state index contributed by atoms with van der Waals surface area (Å²) in [5, 5.41) is 18.9. The van der Waals surface area contributed by atoms with Crippen LogP contribution in [0.15, 0.2) is 42.5 Å². The van der Waals surface area contributed by atoms with E-state index >= 15 is 0 Å². The van der Waals surface area contributed by atoms with Gasteiger partial charge in [-0.3, -0.25) is 14.4 Å². The van der Waals surface area contributed by atoms with Gasteiger partial charge in [0.25, 0.3) is 5.91 Å². The number of sulfonamides is 1. The van der Waals surface area contributed by atoms with Crippen molar-refractivity contribution >= 4 is 27.6 Å². The molecule has 0 aliphatic carbocycles. The molecule has 196 valence electrons. The number of anilines is 1. The van der Waals surface area contributed by atoms with Crippen LogP contribution in [0.3, 0.4) is 0 Å². The number of nitrogens with zero attached hydrogens (tertiary/aromatic N) is 2. The molecule has 0 radical (unpaired) electrons. The number of hydrogen-bond acceptors (Lipinski definition) is 7. The van der Waals surface area contributed by atoms with Gasteiger partial charge in [-0.25, -0.2) is 13.2 Å². The fourth-order valence-electron chi connectivity index (χ4n) is 4.18. The normalized spacial score (nSPS) is 19.2. The largest absolute Gasteiger partial charge is 0.486 e. The van der Waals surface area contributed by atoms with Crippen molar-refractivity contribution < 1.29 is 33.0 Å². The van der Waals surface area contributed by atoms with Gasteiger partial charge >= 0.3 is 5.97 Å². The second-order valence-corrected chi connectivity index (χ2v) is 11.1. The topological polar surface area (TPSA) is 136 Å². The number of carboxylic acids is 1. The molecule has 3 atom stereocenters. The maximum Gasteiger partial charge on any atom is 0.335 e. The van der Waals surface area contributed by atoms with E-state index in [9.17, 15) is 23.1 Å². The number of amides is 1. The fourth-order valence-corrected chi connectivity index (χ4v) is 4.74. The molecule has 3 rings (SSSR count). The third-order valence-corrected chi connectivity index (χ3v) is 6.72. The highest BCUT2D eigenvalue weighted by Gasteiger charge is 2.34. The fraction of sp³-hybridized carbons (Fsp3) is 0.440. The molecule has 2 aromatic carbocycles. The van der Waals surface area contributed by atoms with Crippen molar-refractivity contribution in [2.45, 2.75) is 32.5 Å². The van der Waals surface area contributed by atoms with Gasteiger partial charge in [0.15, 0.2) is 5.75 Å². The van der Waals surface area contributed by atoms with Gasteiger partial charge in [-0.2, -0.15) is 0 Å². The zero-order valence-electron chi connectivity index (χ0n) is 20.8. The van der Waals surface area contributed by atoms with Crippen molar-refractivity contribution in [1.82, 2.24) is 9.80 Å². The molecular weight excluding hydrogens is 486 g/mol. The Kier molecular flexibility index (Phi) is 8.59. The number of para-hydroxylation sites is 1. The van der Waals surface area contributed by atoms with Crippen molar-refractivity contribution in [3.05, 3.63) is 59.2 Å². The van der Waals surface area contributed by atoms with Crippen LogP contribution in [0.2, 0.25) is 0 Å². The minimum absolute atomic E-state index is 0.152. The van der Waals surface area contributed by atoms with E-state index in [0.29, 0.717) is 19.6 Å². The van der Waals surface area contributed by atoms with Crippen LogP contribution in [0.1, 0.15) is 40.1 Å². The number of fused-ring (bicyclic) bond motifs is 1. The van der Waals surface area contributed by atoms with Crippen LogP contribution in [0.4, 0.5) is 5.69 Å². The summed E-state index contributed by atoms with van der Waals surface area (Å²) < 4.78 is 32.8. The molecule has 11 heteroatoms. The highest BCUT2D eigenvalue weighted by Crippen LogP contribution is 2.35. The van der Waals surface area contributed by atoms with Gasteiger partial charge in [-0.05, 0) is 43.8 Å². The van der Waals surface area contributed by atoms with Crippen LogP contribution in [0, 0.1) is 5.92 Å². The lowest BCUT2D eigenvalue weighted by atomic mass is 9.99. The number of aliphatic hydroxyl groups excluding tert-OH is 1. The molecular formula is C25H33N3O7S. The lowest BCUT2D eigenvalue weighted by Gasteiger charge is -2.38. The van der Waals surface area contributed by atoms with E-state index in [1.54, 1.807) is 54.3 Å². The van der Waals surface area contributed by atoms with Crippen LogP contribution in [0.5, 0.6) is 5.75 Å². The molecule has 10 nitrogen and oxygen atoms in total.